The quantitative estimate of drug-likeness (QED) is 0.788. The molecule has 1 aromatic heterocycles. The van der Waals surface area contributed by atoms with Gasteiger partial charge in [-0.15, -0.1) is 0 Å². The smallest absolute Gasteiger partial charge is 0.298 e. The van der Waals surface area contributed by atoms with E-state index < -0.39 is 11.7 Å². The van der Waals surface area contributed by atoms with Crippen molar-refractivity contribution in [3.05, 3.63) is 53.2 Å². The zero-order chi connectivity index (χ0) is 14.8. The van der Waals surface area contributed by atoms with Gasteiger partial charge in [0.25, 0.3) is 0 Å². The van der Waals surface area contributed by atoms with Crippen LogP contribution >= 0.6 is 11.8 Å². The standard InChI is InChI=1S/C14H10F3NOS/c1-9-2-4-12(10(6-9)8-19)20-13-5-3-11(7-18-13)14(15,16)17/h2-8H,1H3. The van der Waals surface area contributed by atoms with Crippen molar-refractivity contribution in [2.45, 2.75) is 23.0 Å². The minimum atomic E-state index is -4.39. The van der Waals surface area contributed by atoms with Crippen molar-refractivity contribution in [2.24, 2.45) is 0 Å². The molecular weight excluding hydrogens is 287 g/mol. The van der Waals surface area contributed by atoms with Crippen molar-refractivity contribution < 1.29 is 18.0 Å². The number of rotatable bonds is 3. The van der Waals surface area contributed by atoms with Crippen molar-refractivity contribution in [1.29, 1.82) is 0 Å². The highest BCUT2D eigenvalue weighted by Crippen LogP contribution is 2.32. The van der Waals surface area contributed by atoms with Crippen LogP contribution in [0.3, 0.4) is 0 Å². The largest absolute Gasteiger partial charge is 0.417 e. The molecule has 0 aliphatic heterocycles. The maximum Gasteiger partial charge on any atom is 0.417 e. The van der Waals surface area contributed by atoms with Gasteiger partial charge in [0.15, 0.2) is 6.29 Å². The molecule has 0 saturated carbocycles. The molecule has 0 aliphatic rings. The number of nitrogens with zero attached hydrogens (tertiary/aromatic N) is 1. The molecule has 0 aliphatic carbocycles. The average molecular weight is 297 g/mol. The lowest BCUT2D eigenvalue weighted by atomic mass is 10.2. The Morgan fingerprint density at radius 1 is 1.20 bits per heavy atom. The van der Waals surface area contributed by atoms with E-state index in [9.17, 15) is 18.0 Å². The van der Waals surface area contributed by atoms with E-state index in [0.717, 1.165) is 35.9 Å². The van der Waals surface area contributed by atoms with Crippen LogP contribution in [-0.4, -0.2) is 11.3 Å². The van der Waals surface area contributed by atoms with Crippen LogP contribution in [0.25, 0.3) is 0 Å². The Morgan fingerprint density at radius 2 is 1.95 bits per heavy atom. The van der Waals surface area contributed by atoms with E-state index in [1.54, 1.807) is 12.1 Å². The Bertz CT molecular complexity index is 623. The minimum Gasteiger partial charge on any atom is -0.298 e. The fourth-order valence-electron chi connectivity index (χ4n) is 1.57. The molecule has 0 atom stereocenters. The van der Waals surface area contributed by atoms with E-state index in [1.807, 2.05) is 13.0 Å². The molecule has 1 heterocycles. The molecule has 0 saturated heterocycles. The summed E-state index contributed by atoms with van der Waals surface area (Å²) in [6.07, 6.45) is -2.88. The highest BCUT2D eigenvalue weighted by atomic mass is 32.2. The van der Waals surface area contributed by atoms with Crippen molar-refractivity contribution in [3.8, 4) is 0 Å². The van der Waals surface area contributed by atoms with Gasteiger partial charge in [0.05, 0.1) is 5.56 Å². The number of halogens is 3. The third-order valence-electron chi connectivity index (χ3n) is 2.57. The van der Waals surface area contributed by atoms with Gasteiger partial charge < -0.3 is 0 Å². The van der Waals surface area contributed by atoms with Crippen molar-refractivity contribution in [1.82, 2.24) is 4.98 Å². The van der Waals surface area contributed by atoms with Gasteiger partial charge >= 0.3 is 6.18 Å². The predicted octanol–water partition coefficient (Wildman–Crippen LogP) is 4.37. The number of carbonyl (C=O) groups excluding carboxylic acids is 1. The van der Waals surface area contributed by atoms with E-state index in [0.29, 0.717) is 15.5 Å². The number of pyridine rings is 1. The van der Waals surface area contributed by atoms with Crippen LogP contribution in [0.1, 0.15) is 21.5 Å². The number of carbonyl (C=O) groups is 1. The summed E-state index contributed by atoms with van der Waals surface area (Å²) in [5, 5.41) is 0.407. The molecule has 6 heteroatoms. The van der Waals surface area contributed by atoms with Crippen LogP contribution in [0, 0.1) is 6.92 Å². The number of aldehydes is 1. The minimum absolute atomic E-state index is 0.407. The molecule has 1 aromatic carbocycles. The van der Waals surface area contributed by atoms with Gasteiger partial charge in [-0.2, -0.15) is 13.2 Å². The number of hydrogen-bond acceptors (Lipinski definition) is 3. The van der Waals surface area contributed by atoms with Gasteiger partial charge in [-0.05, 0) is 31.2 Å². The lowest BCUT2D eigenvalue weighted by Crippen LogP contribution is -2.05. The Labute approximate surface area is 118 Å². The van der Waals surface area contributed by atoms with Gasteiger partial charge in [0.2, 0.25) is 0 Å². The number of alkyl halides is 3. The van der Waals surface area contributed by atoms with Crippen LogP contribution in [0.5, 0.6) is 0 Å². The normalized spacial score (nSPS) is 11.4. The first-order chi connectivity index (χ1) is 9.40. The summed E-state index contributed by atoms with van der Waals surface area (Å²) in [4.78, 5) is 15.4. The second-order valence-corrected chi connectivity index (χ2v) is 5.21. The Morgan fingerprint density at radius 3 is 2.50 bits per heavy atom. The summed E-state index contributed by atoms with van der Waals surface area (Å²) in [5.74, 6) is 0. The summed E-state index contributed by atoms with van der Waals surface area (Å²) in [6, 6.07) is 7.58. The second kappa shape index (κ2) is 5.66. The highest BCUT2D eigenvalue weighted by molar-refractivity contribution is 7.99. The van der Waals surface area contributed by atoms with E-state index in [2.05, 4.69) is 4.98 Å². The van der Waals surface area contributed by atoms with Crippen molar-refractivity contribution >= 4 is 18.0 Å². The lowest BCUT2D eigenvalue weighted by Gasteiger charge is -2.08. The summed E-state index contributed by atoms with van der Waals surface area (Å²) in [7, 11) is 0. The summed E-state index contributed by atoms with van der Waals surface area (Å²) in [6.45, 7) is 1.86. The molecule has 2 aromatic rings. The van der Waals surface area contributed by atoms with Crippen LogP contribution in [0.4, 0.5) is 13.2 Å². The van der Waals surface area contributed by atoms with Gasteiger partial charge in [-0.25, -0.2) is 4.98 Å². The number of benzene rings is 1. The molecule has 0 bridgehead atoms. The van der Waals surface area contributed by atoms with Gasteiger partial charge in [0, 0.05) is 16.7 Å². The zero-order valence-corrected chi connectivity index (χ0v) is 11.3. The second-order valence-electron chi connectivity index (χ2n) is 4.14. The van der Waals surface area contributed by atoms with Crippen molar-refractivity contribution in [3.63, 3.8) is 0 Å². The lowest BCUT2D eigenvalue weighted by molar-refractivity contribution is -0.137. The van der Waals surface area contributed by atoms with Gasteiger partial charge in [-0.1, -0.05) is 23.4 Å². The predicted molar refractivity (Wildman–Crippen MR) is 69.9 cm³/mol. The first kappa shape index (κ1) is 14.6. The fraction of sp³-hybridized carbons (Fsp3) is 0.143. The molecule has 0 radical (unpaired) electrons. The third-order valence-corrected chi connectivity index (χ3v) is 3.61. The molecule has 0 fully saturated rings. The Kier molecular flexibility index (Phi) is 4.13. The van der Waals surface area contributed by atoms with Gasteiger partial charge in [-0.3, -0.25) is 4.79 Å². The molecule has 20 heavy (non-hydrogen) atoms. The Balaban J connectivity index is 2.25. The first-order valence-electron chi connectivity index (χ1n) is 5.67. The molecule has 0 amide bonds. The number of aryl methyl sites for hydroxylation is 1. The highest BCUT2D eigenvalue weighted by Gasteiger charge is 2.30. The van der Waals surface area contributed by atoms with Crippen LogP contribution in [0.2, 0.25) is 0 Å². The van der Waals surface area contributed by atoms with Crippen LogP contribution in [-0.2, 0) is 6.18 Å². The molecule has 0 N–H and O–H groups in total. The maximum atomic E-state index is 12.4. The SMILES string of the molecule is Cc1ccc(Sc2ccc(C(F)(F)F)cn2)c(C=O)c1. The molecule has 2 rings (SSSR count). The molecule has 2 nitrogen and oxygen atoms in total. The Hall–Kier alpha value is -1.82. The zero-order valence-electron chi connectivity index (χ0n) is 10.4. The van der Waals surface area contributed by atoms with E-state index in [1.165, 1.54) is 6.07 Å². The third kappa shape index (κ3) is 3.39. The molecule has 0 spiro atoms. The van der Waals surface area contributed by atoms with E-state index in [-0.39, 0.29) is 0 Å². The topological polar surface area (TPSA) is 30.0 Å². The fourth-order valence-corrected chi connectivity index (χ4v) is 2.40. The summed E-state index contributed by atoms with van der Waals surface area (Å²) in [5.41, 5.74) is 0.648. The van der Waals surface area contributed by atoms with Gasteiger partial charge in [0.1, 0.15) is 5.03 Å². The molecule has 104 valence electrons. The average Bonchev–Trinajstić information content (AvgIpc) is 2.40. The molecular formula is C14H10F3NOS. The summed E-state index contributed by atoms with van der Waals surface area (Å²) < 4.78 is 37.2. The monoisotopic (exact) mass is 297 g/mol. The van der Waals surface area contributed by atoms with Crippen LogP contribution in [0.15, 0.2) is 46.5 Å². The maximum absolute atomic E-state index is 12.4. The van der Waals surface area contributed by atoms with E-state index >= 15 is 0 Å². The number of aromatic nitrogens is 1. The first-order valence-corrected chi connectivity index (χ1v) is 6.49. The number of hydrogen-bond donors (Lipinski definition) is 0. The van der Waals surface area contributed by atoms with E-state index in [4.69, 9.17) is 0 Å². The molecule has 0 unspecified atom stereocenters. The van der Waals surface area contributed by atoms with Crippen LogP contribution < -0.4 is 0 Å². The summed E-state index contributed by atoms with van der Waals surface area (Å²) >= 11 is 1.16. The van der Waals surface area contributed by atoms with Crippen molar-refractivity contribution in [2.75, 3.05) is 0 Å².